The largest absolute Gasteiger partial charge is 0.450 e. The molecule has 3 heterocycles. The van der Waals surface area contributed by atoms with Crippen LogP contribution in [0.5, 0.6) is 0 Å². The zero-order valence-electron chi connectivity index (χ0n) is 18.3. The third kappa shape index (κ3) is 5.03. The molecule has 0 spiro atoms. The summed E-state index contributed by atoms with van der Waals surface area (Å²) in [5.74, 6) is -4.23. The first-order valence-electron chi connectivity index (χ1n) is 10.5. The van der Waals surface area contributed by atoms with Gasteiger partial charge in [0.2, 0.25) is 0 Å². The highest BCUT2D eigenvalue weighted by Gasteiger charge is 2.56. The van der Waals surface area contributed by atoms with Crippen LogP contribution in [0.3, 0.4) is 0 Å². The lowest BCUT2D eigenvalue weighted by molar-refractivity contribution is -0.0822. The summed E-state index contributed by atoms with van der Waals surface area (Å²) in [5, 5.41) is 0. The number of hydrogen-bond acceptors (Lipinski definition) is 4. The predicted octanol–water partition coefficient (Wildman–Crippen LogP) is 4.12. The van der Waals surface area contributed by atoms with Gasteiger partial charge < -0.3 is 14.2 Å². The van der Waals surface area contributed by atoms with Gasteiger partial charge in [0.05, 0.1) is 32.8 Å². The first kappa shape index (κ1) is 23.1. The van der Waals surface area contributed by atoms with Gasteiger partial charge in [0.1, 0.15) is 0 Å². The summed E-state index contributed by atoms with van der Waals surface area (Å²) in [6.07, 6.45) is 2.11. The lowest BCUT2D eigenvalue weighted by Crippen LogP contribution is -2.63. The van der Waals surface area contributed by atoms with E-state index >= 15 is 8.78 Å². The van der Waals surface area contributed by atoms with E-state index in [0.29, 0.717) is 11.3 Å². The van der Waals surface area contributed by atoms with Crippen molar-refractivity contribution in [3.63, 3.8) is 0 Å². The molecule has 31 heavy (non-hydrogen) atoms. The highest BCUT2D eigenvalue weighted by atomic mass is 28.3. The van der Waals surface area contributed by atoms with Gasteiger partial charge in [0, 0.05) is 37.1 Å². The maximum absolute atomic E-state index is 15.4. The van der Waals surface area contributed by atoms with Crippen LogP contribution < -0.4 is 5.56 Å². The number of nitrogens with zero attached hydrogens (tertiary/aromatic N) is 3. The van der Waals surface area contributed by atoms with Crippen LogP contribution in [0, 0.1) is 0 Å². The van der Waals surface area contributed by atoms with Gasteiger partial charge in [-0.25, -0.2) is 13.6 Å². The normalized spacial score (nSPS) is 21.0. The van der Waals surface area contributed by atoms with Crippen molar-refractivity contribution >= 4 is 14.2 Å². The standard InChI is InChI=1S/C22H29F2N3O3Si/c1-5-30-21(29)27-13-11-22(23,24)19(20(27)31(2,3)4)16-9-10-18(28)26(14-16)15-17-8-6-7-12-25-17/h6-10,12,14,19-20H,5,11,13,15H2,1-4H3. The Balaban J connectivity index is 2.07. The molecule has 1 saturated heterocycles. The van der Waals surface area contributed by atoms with E-state index in [9.17, 15) is 9.59 Å². The minimum Gasteiger partial charge on any atom is -0.450 e. The van der Waals surface area contributed by atoms with Crippen molar-refractivity contribution in [1.82, 2.24) is 14.5 Å². The zero-order valence-corrected chi connectivity index (χ0v) is 19.3. The number of hydrogen-bond donors (Lipinski definition) is 0. The van der Waals surface area contributed by atoms with E-state index < -0.39 is 38.1 Å². The summed E-state index contributed by atoms with van der Waals surface area (Å²) >= 11 is 0. The maximum atomic E-state index is 15.4. The van der Waals surface area contributed by atoms with Gasteiger partial charge in [-0.1, -0.05) is 31.8 Å². The third-order valence-corrected chi connectivity index (χ3v) is 8.03. The molecule has 1 aliphatic rings. The molecule has 0 radical (unpaired) electrons. The summed E-state index contributed by atoms with van der Waals surface area (Å²) < 4.78 is 37.3. The van der Waals surface area contributed by atoms with Crippen LogP contribution in [0.15, 0.2) is 47.5 Å². The summed E-state index contributed by atoms with van der Waals surface area (Å²) in [4.78, 5) is 30.8. The summed E-state index contributed by atoms with van der Waals surface area (Å²) in [6, 6.07) is 8.15. The molecule has 2 atom stereocenters. The number of ether oxygens (including phenoxy) is 1. The van der Waals surface area contributed by atoms with E-state index in [0.717, 1.165) is 0 Å². The van der Waals surface area contributed by atoms with Crippen LogP contribution in [0.25, 0.3) is 0 Å². The topological polar surface area (TPSA) is 64.4 Å². The molecule has 9 heteroatoms. The fourth-order valence-corrected chi connectivity index (χ4v) is 6.91. The first-order chi connectivity index (χ1) is 14.5. The summed E-state index contributed by atoms with van der Waals surface area (Å²) in [7, 11) is -2.31. The molecule has 0 saturated carbocycles. The van der Waals surface area contributed by atoms with Gasteiger partial charge in [-0.15, -0.1) is 0 Å². The number of aromatic nitrogens is 2. The molecule has 0 N–H and O–H groups in total. The Hall–Kier alpha value is -2.55. The summed E-state index contributed by atoms with van der Waals surface area (Å²) in [5.41, 5.74) is 0.0467. The van der Waals surface area contributed by atoms with Gasteiger partial charge in [-0.3, -0.25) is 9.78 Å². The molecular weight excluding hydrogens is 420 g/mol. The monoisotopic (exact) mass is 449 g/mol. The molecule has 2 aromatic heterocycles. The second kappa shape index (κ2) is 8.90. The molecule has 6 nitrogen and oxygen atoms in total. The Morgan fingerprint density at radius 1 is 1.26 bits per heavy atom. The second-order valence-corrected chi connectivity index (χ2v) is 14.3. The molecule has 2 aromatic rings. The Morgan fingerprint density at radius 2 is 2.00 bits per heavy atom. The molecule has 1 aliphatic heterocycles. The number of pyridine rings is 2. The van der Waals surface area contributed by atoms with Crippen molar-refractivity contribution in [3.05, 3.63) is 64.3 Å². The van der Waals surface area contributed by atoms with Crippen LogP contribution in [0.1, 0.15) is 30.5 Å². The van der Waals surface area contributed by atoms with Crippen molar-refractivity contribution in [2.24, 2.45) is 0 Å². The van der Waals surface area contributed by atoms with Gasteiger partial charge in [0.25, 0.3) is 11.5 Å². The van der Waals surface area contributed by atoms with Gasteiger partial charge in [-0.2, -0.15) is 0 Å². The Kier molecular flexibility index (Phi) is 6.64. The van der Waals surface area contributed by atoms with Crippen molar-refractivity contribution in [1.29, 1.82) is 0 Å². The summed E-state index contributed by atoms with van der Waals surface area (Å²) in [6.45, 7) is 7.94. The minimum absolute atomic E-state index is 0.0507. The number of piperidine rings is 1. The molecule has 1 amide bonds. The Bertz CT molecular complexity index is 976. The van der Waals surface area contributed by atoms with Crippen molar-refractivity contribution in [2.45, 2.75) is 57.0 Å². The van der Waals surface area contributed by atoms with Gasteiger partial charge in [0.15, 0.2) is 0 Å². The SMILES string of the molecule is CCOC(=O)N1CCC(F)(F)C(c2ccc(=O)n(Cc3ccccn3)c2)C1[Si](C)(C)C. The van der Waals surface area contributed by atoms with Crippen molar-refractivity contribution in [2.75, 3.05) is 13.2 Å². The molecular formula is C22H29F2N3O3Si. The highest BCUT2D eigenvalue weighted by Crippen LogP contribution is 2.46. The smallest absolute Gasteiger partial charge is 0.409 e. The van der Waals surface area contributed by atoms with E-state index in [1.54, 1.807) is 25.3 Å². The first-order valence-corrected chi connectivity index (χ1v) is 14.0. The van der Waals surface area contributed by atoms with E-state index in [1.165, 1.54) is 27.8 Å². The molecule has 2 unspecified atom stereocenters. The average molecular weight is 450 g/mol. The molecule has 0 aromatic carbocycles. The fourth-order valence-electron chi connectivity index (χ4n) is 4.30. The molecule has 1 fully saturated rings. The van der Waals surface area contributed by atoms with Crippen molar-refractivity contribution < 1.29 is 18.3 Å². The quantitative estimate of drug-likeness (QED) is 0.644. The van der Waals surface area contributed by atoms with Gasteiger partial charge in [-0.05, 0) is 24.6 Å². The highest BCUT2D eigenvalue weighted by molar-refractivity contribution is 6.78. The van der Waals surface area contributed by atoms with E-state index in [1.807, 2.05) is 25.7 Å². The molecule has 3 rings (SSSR count). The molecule has 0 aliphatic carbocycles. The van der Waals surface area contributed by atoms with Crippen molar-refractivity contribution in [3.8, 4) is 0 Å². The van der Waals surface area contributed by atoms with E-state index in [-0.39, 0.29) is 25.3 Å². The number of likely N-dealkylation sites (tertiary alicyclic amines) is 1. The fraction of sp³-hybridized carbons (Fsp3) is 0.500. The van der Waals surface area contributed by atoms with Crippen LogP contribution in [0.4, 0.5) is 13.6 Å². The maximum Gasteiger partial charge on any atom is 0.409 e. The van der Waals surface area contributed by atoms with Crippen LogP contribution in [-0.2, 0) is 11.3 Å². The second-order valence-electron chi connectivity index (χ2n) is 8.94. The molecule has 0 bridgehead atoms. The zero-order chi connectivity index (χ0) is 22.8. The Morgan fingerprint density at radius 3 is 2.61 bits per heavy atom. The minimum atomic E-state index is -3.01. The third-order valence-electron chi connectivity index (χ3n) is 5.61. The van der Waals surface area contributed by atoms with Gasteiger partial charge >= 0.3 is 6.09 Å². The van der Waals surface area contributed by atoms with E-state index in [2.05, 4.69) is 4.98 Å². The van der Waals surface area contributed by atoms with Crippen LogP contribution in [-0.4, -0.2) is 53.4 Å². The number of amides is 1. The number of carbonyl (C=O) groups is 1. The number of carbonyl (C=O) groups excluding carboxylic acids is 1. The van der Waals surface area contributed by atoms with E-state index in [4.69, 9.17) is 4.74 Å². The number of halogens is 2. The number of alkyl halides is 2. The predicted molar refractivity (Wildman–Crippen MR) is 117 cm³/mol. The lowest BCUT2D eigenvalue weighted by atomic mass is 9.87. The Labute approximate surface area is 181 Å². The average Bonchev–Trinajstić information content (AvgIpc) is 2.69. The number of rotatable bonds is 5. The van der Waals surface area contributed by atoms with Crippen LogP contribution in [0.2, 0.25) is 19.6 Å². The lowest BCUT2D eigenvalue weighted by Gasteiger charge is -2.49. The molecule has 168 valence electrons. The van der Waals surface area contributed by atoms with Crippen LogP contribution >= 0.6 is 0 Å².